The van der Waals surface area contributed by atoms with Crippen LogP contribution in [0.25, 0.3) is 0 Å². The molecule has 1 fully saturated rings. The highest BCUT2D eigenvalue weighted by Gasteiger charge is 2.23. The molecule has 2 aromatic rings. The molecule has 1 heterocycles. The van der Waals surface area contributed by atoms with Crippen molar-refractivity contribution in [2.75, 3.05) is 18.1 Å². The van der Waals surface area contributed by atoms with E-state index in [2.05, 4.69) is 19.2 Å². The molecule has 0 unspecified atom stereocenters. The van der Waals surface area contributed by atoms with Crippen LogP contribution in [0.4, 0.5) is 5.69 Å². The van der Waals surface area contributed by atoms with Gasteiger partial charge in [0.05, 0.1) is 11.6 Å². The summed E-state index contributed by atoms with van der Waals surface area (Å²) >= 11 is 0. The number of esters is 1. The van der Waals surface area contributed by atoms with Crippen LogP contribution in [0.2, 0.25) is 0 Å². The Bertz CT molecular complexity index is 895. The Morgan fingerprint density at radius 1 is 1.10 bits per heavy atom. The van der Waals surface area contributed by atoms with Crippen molar-refractivity contribution in [3.05, 3.63) is 65.7 Å². The average Bonchev–Trinajstić information content (AvgIpc) is 3.18. The van der Waals surface area contributed by atoms with Crippen molar-refractivity contribution in [1.82, 2.24) is 5.32 Å². The van der Waals surface area contributed by atoms with Crippen molar-refractivity contribution in [3.8, 4) is 0 Å². The second-order valence-electron chi connectivity index (χ2n) is 7.94. The Morgan fingerprint density at radius 2 is 1.87 bits per heavy atom. The van der Waals surface area contributed by atoms with Crippen LogP contribution in [-0.4, -0.2) is 30.9 Å². The summed E-state index contributed by atoms with van der Waals surface area (Å²) in [5.74, 6) is -0.478. The number of nitrogens with one attached hydrogen (secondary N) is 1. The molecule has 2 amide bonds. The maximum atomic E-state index is 12.4. The van der Waals surface area contributed by atoms with Crippen LogP contribution in [0.5, 0.6) is 0 Å². The summed E-state index contributed by atoms with van der Waals surface area (Å²) in [4.78, 5) is 38.4. The molecule has 3 rings (SSSR count). The summed E-state index contributed by atoms with van der Waals surface area (Å²) in [5, 5.41) is 2.96. The summed E-state index contributed by atoms with van der Waals surface area (Å²) < 4.78 is 5.22. The number of hydrogen-bond donors (Lipinski definition) is 1. The van der Waals surface area contributed by atoms with Gasteiger partial charge in [0.25, 0.3) is 5.91 Å². The molecule has 0 radical (unpaired) electrons. The van der Waals surface area contributed by atoms with E-state index >= 15 is 0 Å². The van der Waals surface area contributed by atoms with Gasteiger partial charge >= 0.3 is 5.97 Å². The third-order valence-electron chi connectivity index (χ3n) is 5.05. The lowest BCUT2D eigenvalue weighted by molar-refractivity contribution is -0.125. The number of amides is 2. The quantitative estimate of drug-likeness (QED) is 0.673. The molecule has 0 saturated carbocycles. The molecule has 0 aromatic heterocycles. The van der Waals surface area contributed by atoms with E-state index in [0.717, 1.165) is 18.4 Å². The first-order chi connectivity index (χ1) is 14.4. The van der Waals surface area contributed by atoms with Gasteiger partial charge in [0.15, 0.2) is 6.61 Å². The lowest BCUT2D eigenvalue weighted by Crippen LogP contribution is -2.33. The average molecular weight is 408 g/mol. The maximum absolute atomic E-state index is 12.4. The first kappa shape index (κ1) is 21.6. The van der Waals surface area contributed by atoms with Gasteiger partial charge in [-0.3, -0.25) is 9.59 Å². The Balaban J connectivity index is 1.58. The minimum absolute atomic E-state index is 0.0528. The Morgan fingerprint density at radius 3 is 2.53 bits per heavy atom. The molecule has 0 bridgehead atoms. The predicted octanol–water partition coefficient (Wildman–Crippen LogP) is 3.87. The minimum Gasteiger partial charge on any atom is -0.452 e. The topological polar surface area (TPSA) is 75.7 Å². The molecule has 0 aliphatic carbocycles. The third kappa shape index (κ3) is 5.69. The highest BCUT2D eigenvalue weighted by atomic mass is 16.5. The normalized spacial score (nSPS) is 14.6. The van der Waals surface area contributed by atoms with Gasteiger partial charge in [-0.25, -0.2) is 4.79 Å². The van der Waals surface area contributed by atoms with Gasteiger partial charge in [-0.05, 0) is 42.5 Å². The number of rotatable bonds is 8. The fourth-order valence-electron chi connectivity index (χ4n) is 3.61. The summed E-state index contributed by atoms with van der Waals surface area (Å²) in [6, 6.07) is 16.4. The predicted molar refractivity (Wildman–Crippen MR) is 115 cm³/mol. The SMILES string of the molecule is CC(C)C[C@H](NC(=O)COC(=O)c1cccc(N2CCCC2=O)c1)c1ccccc1. The molecule has 2 aromatic carbocycles. The maximum Gasteiger partial charge on any atom is 0.338 e. The zero-order chi connectivity index (χ0) is 21.5. The van der Waals surface area contributed by atoms with Crippen LogP contribution in [0.15, 0.2) is 54.6 Å². The molecular formula is C24H28N2O4. The molecule has 1 aliphatic heterocycles. The van der Waals surface area contributed by atoms with E-state index in [1.165, 1.54) is 0 Å². The number of carbonyl (C=O) groups excluding carboxylic acids is 3. The van der Waals surface area contributed by atoms with Crippen LogP contribution in [-0.2, 0) is 14.3 Å². The highest BCUT2D eigenvalue weighted by Crippen LogP contribution is 2.23. The monoisotopic (exact) mass is 408 g/mol. The number of anilines is 1. The standard InChI is InChI=1S/C24H28N2O4/c1-17(2)14-21(18-8-4-3-5-9-18)25-22(27)16-30-24(29)19-10-6-11-20(15-19)26-13-7-12-23(26)28/h3-6,8-11,15,17,21H,7,12-14,16H2,1-2H3,(H,25,27)/t21-/m0/s1. The largest absolute Gasteiger partial charge is 0.452 e. The van der Waals surface area contributed by atoms with E-state index < -0.39 is 5.97 Å². The molecule has 158 valence electrons. The van der Waals surface area contributed by atoms with Crippen LogP contribution < -0.4 is 10.2 Å². The van der Waals surface area contributed by atoms with E-state index in [1.807, 2.05) is 30.3 Å². The van der Waals surface area contributed by atoms with Crippen molar-refractivity contribution in [1.29, 1.82) is 0 Å². The number of hydrogen-bond acceptors (Lipinski definition) is 4. The second kappa shape index (κ2) is 10.1. The van der Waals surface area contributed by atoms with E-state index in [1.54, 1.807) is 29.2 Å². The van der Waals surface area contributed by atoms with E-state index in [0.29, 0.717) is 30.1 Å². The molecule has 30 heavy (non-hydrogen) atoms. The molecule has 1 atom stereocenters. The van der Waals surface area contributed by atoms with E-state index in [-0.39, 0.29) is 24.5 Å². The van der Waals surface area contributed by atoms with Crippen LogP contribution in [0, 0.1) is 5.92 Å². The molecular weight excluding hydrogens is 380 g/mol. The molecule has 1 saturated heterocycles. The Hall–Kier alpha value is -3.15. The van der Waals surface area contributed by atoms with E-state index in [4.69, 9.17) is 4.74 Å². The van der Waals surface area contributed by atoms with Crippen molar-refractivity contribution < 1.29 is 19.1 Å². The van der Waals surface area contributed by atoms with E-state index in [9.17, 15) is 14.4 Å². The van der Waals surface area contributed by atoms with Crippen molar-refractivity contribution >= 4 is 23.5 Å². The van der Waals surface area contributed by atoms with Crippen LogP contribution in [0.3, 0.4) is 0 Å². The summed E-state index contributed by atoms with van der Waals surface area (Å²) in [6.45, 7) is 4.49. The van der Waals surface area contributed by atoms with Crippen LogP contribution in [0.1, 0.15) is 55.1 Å². The smallest absolute Gasteiger partial charge is 0.338 e. The third-order valence-corrected chi connectivity index (χ3v) is 5.05. The van der Waals surface area contributed by atoms with Crippen molar-refractivity contribution in [3.63, 3.8) is 0 Å². The van der Waals surface area contributed by atoms with Gasteiger partial charge in [-0.1, -0.05) is 50.2 Å². The van der Waals surface area contributed by atoms with Gasteiger partial charge in [-0.2, -0.15) is 0 Å². The first-order valence-electron chi connectivity index (χ1n) is 10.4. The van der Waals surface area contributed by atoms with Crippen molar-refractivity contribution in [2.45, 2.75) is 39.2 Å². The molecule has 0 spiro atoms. The lowest BCUT2D eigenvalue weighted by Gasteiger charge is -2.21. The number of carbonyl (C=O) groups is 3. The molecule has 1 N–H and O–H groups in total. The zero-order valence-corrected chi connectivity index (χ0v) is 17.5. The Kier molecular flexibility index (Phi) is 7.22. The van der Waals surface area contributed by atoms with Gasteiger partial charge in [0.1, 0.15) is 0 Å². The number of benzene rings is 2. The minimum atomic E-state index is -0.584. The summed E-state index contributed by atoms with van der Waals surface area (Å²) in [5.41, 5.74) is 2.02. The fraction of sp³-hybridized carbons (Fsp3) is 0.375. The number of nitrogens with zero attached hydrogens (tertiary/aromatic N) is 1. The van der Waals surface area contributed by atoms with Gasteiger partial charge in [-0.15, -0.1) is 0 Å². The summed E-state index contributed by atoms with van der Waals surface area (Å²) in [7, 11) is 0. The van der Waals surface area contributed by atoms with Crippen molar-refractivity contribution in [2.24, 2.45) is 5.92 Å². The van der Waals surface area contributed by atoms with Crippen LogP contribution >= 0.6 is 0 Å². The highest BCUT2D eigenvalue weighted by molar-refractivity contribution is 5.97. The first-order valence-corrected chi connectivity index (χ1v) is 10.4. The lowest BCUT2D eigenvalue weighted by atomic mass is 9.97. The number of ether oxygens (including phenoxy) is 1. The molecule has 1 aliphatic rings. The van der Waals surface area contributed by atoms with Gasteiger partial charge in [0.2, 0.25) is 5.91 Å². The molecule has 6 nitrogen and oxygen atoms in total. The van der Waals surface area contributed by atoms with Gasteiger partial charge < -0.3 is 15.0 Å². The Labute approximate surface area is 177 Å². The summed E-state index contributed by atoms with van der Waals surface area (Å²) in [6.07, 6.45) is 2.12. The molecule has 6 heteroatoms. The fourth-order valence-corrected chi connectivity index (χ4v) is 3.61. The van der Waals surface area contributed by atoms with Gasteiger partial charge in [0, 0.05) is 18.7 Å². The zero-order valence-electron chi connectivity index (χ0n) is 17.5. The second-order valence-corrected chi connectivity index (χ2v) is 7.94.